The second-order valence-corrected chi connectivity index (χ2v) is 21.2. The number of likely N-dealkylation sites (N-methyl/N-ethyl adjacent to an activating group) is 1. The molecule has 1 unspecified atom stereocenters. The van der Waals surface area contributed by atoms with Gasteiger partial charge in [-0.25, -0.2) is 13.6 Å². The molecule has 9 rings (SSSR count). The van der Waals surface area contributed by atoms with E-state index in [0.29, 0.717) is 74.9 Å². The van der Waals surface area contributed by atoms with Crippen LogP contribution < -0.4 is 15.9 Å². The van der Waals surface area contributed by atoms with Crippen molar-refractivity contribution in [1.82, 2.24) is 38.8 Å². The fraction of sp³-hybridized carbons (Fsp3) is 0.556. The average Bonchev–Trinajstić information content (AvgIpc) is 3.70. The largest absolute Gasteiger partial charge is 0.379 e. The molecular formula is C54H71F2N11O6. The van der Waals surface area contributed by atoms with Gasteiger partial charge in [-0.05, 0) is 111 Å². The van der Waals surface area contributed by atoms with E-state index in [-0.39, 0.29) is 34.8 Å². The van der Waals surface area contributed by atoms with Gasteiger partial charge < -0.3 is 24.2 Å². The topological polar surface area (TPSA) is 175 Å². The van der Waals surface area contributed by atoms with Gasteiger partial charge in [0.25, 0.3) is 5.92 Å². The first-order valence-corrected chi connectivity index (χ1v) is 25.9. The molecule has 0 radical (unpaired) electrons. The third-order valence-corrected chi connectivity index (χ3v) is 16.0. The Morgan fingerprint density at radius 1 is 0.904 bits per heavy atom. The average molecular weight is 1010 g/mol. The molecule has 3 N–H and O–H groups in total. The highest BCUT2D eigenvalue weighted by Crippen LogP contribution is 2.38. The lowest BCUT2D eigenvalue weighted by Gasteiger charge is -2.42. The number of nitrogens with one attached hydrogen (secondary N) is 3. The van der Waals surface area contributed by atoms with E-state index in [0.717, 1.165) is 127 Å². The zero-order valence-electron chi connectivity index (χ0n) is 42.5. The van der Waals surface area contributed by atoms with Gasteiger partial charge in [0, 0.05) is 127 Å². The molecule has 4 aromatic rings. The predicted molar refractivity (Wildman–Crippen MR) is 275 cm³/mol. The van der Waals surface area contributed by atoms with Crippen molar-refractivity contribution in [1.29, 1.82) is 10.8 Å². The van der Waals surface area contributed by atoms with Gasteiger partial charge in [0.1, 0.15) is 12.1 Å². The standard InChI is InChI=1S/C54H71F2N11O6/c1-53(55,56)46-25-39(31-67-48(46)33-66(52(67)71)44-6-4-5-42(27-44)54(35-72-36-54)28-49(58)61(3)37-57)30-63-17-13-45(14-18-63)73-24-23-62-15-11-38(12-16-62)29-64-19-21-65(22-20-64)43-8-7-40(34-68)41(26-43)32-60(2)47-9-10-50(69)59-51(47)70/h4-8,25-27,31,33-34,37-38,45,47,57-58H,9-24,28-30,32,35-36H2,1-3H3,(H,59,69,70). The lowest BCUT2D eigenvalue weighted by molar-refractivity contribution is -0.137. The van der Waals surface area contributed by atoms with E-state index in [9.17, 15) is 19.2 Å². The number of carbonyl (C=O) groups excluding carboxylic acids is 3. The Labute approximate surface area is 426 Å². The number of hydrogen-bond donors (Lipinski definition) is 3. The second kappa shape index (κ2) is 22.4. The maximum absolute atomic E-state index is 15.3. The van der Waals surface area contributed by atoms with Gasteiger partial charge in [0.05, 0.1) is 49.5 Å². The number of likely N-dealkylation sites (tertiary alicyclic amines) is 2. The number of benzene rings is 2. The second-order valence-electron chi connectivity index (χ2n) is 21.2. The number of anilines is 1. The van der Waals surface area contributed by atoms with Crippen LogP contribution in [0.25, 0.3) is 11.2 Å². The van der Waals surface area contributed by atoms with Crippen LogP contribution in [0.15, 0.2) is 65.7 Å². The molecule has 392 valence electrons. The van der Waals surface area contributed by atoms with Crippen LogP contribution in [0.1, 0.15) is 84.5 Å². The molecule has 7 heterocycles. The summed E-state index contributed by atoms with van der Waals surface area (Å²) in [6.45, 7) is 12.6. The zero-order chi connectivity index (χ0) is 51.4. The highest BCUT2D eigenvalue weighted by Gasteiger charge is 2.42. The van der Waals surface area contributed by atoms with Crippen LogP contribution in [-0.2, 0) is 43.5 Å². The molecule has 1 atom stereocenters. The van der Waals surface area contributed by atoms with E-state index in [1.54, 1.807) is 19.3 Å². The number of piperidine rings is 3. The number of piperazine rings is 1. The molecule has 5 saturated heterocycles. The van der Waals surface area contributed by atoms with E-state index >= 15 is 8.78 Å². The number of hydrogen-bond acceptors (Lipinski definition) is 13. The number of aromatic nitrogens is 2. The van der Waals surface area contributed by atoms with Crippen molar-refractivity contribution in [3.8, 4) is 5.69 Å². The third kappa shape index (κ3) is 12.0. The normalized spacial score (nSPS) is 20.8. The number of rotatable bonds is 19. The summed E-state index contributed by atoms with van der Waals surface area (Å²) in [6, 6.07) is 14.5. The molecule has 5 aliphatic heterocycles. The molecule has 0 aliphatic carbocycles. The van der Waals surface area contributed by atoms with Gasteiger partial charge in [-0.1, -0.05) is 12.1 Å². The monoisotopic (exact) mass is 1010 g/mol. The number of nitrogens with zero attached hydrogens (tertiary/aromatic N) is 8. The summed E-state index contributed by atoms with van der Waals surface area (Å²) < 4.78 is 45.4. The Balaban J connectivity index is 0.709. The lowest BCUT2D eigenvalue weighted by Crippen LogP contribution is -2.51. The maximum atomic E-state index is 15.3. The molecule has 73 heavy (non-hydrogen) atoms. The molecule has 19 heteroatoms. The minimum atomic E-state index is -3.19. The quantitative estimate of drug-likeness (QED) is 0.0501. The van der Waals surface area contributed by atoms with E-state index in [1.807, 2.05) is 42.3 Å². The number of fused-ring (bicyclic) bond motifs is 1. The van der Waals surface area contributed by atoms with E-state index in [2.05, 4.69) is 31.0 Å². The maximum Gasteiger partial charge on any atom is 0.337 e. The Bertz CT molecular complexity index is 2710. The Morgan fingerprint density at radius 2 is 1.64 bits per heavy atom. The molecule has 0 spiro atoms. The molecular weight excluding hydrogens is 937 g/mol. The summed E-state index contributed by atoms with van der Waals surface area (Å²) in [4.78, 5) is 63.2. The number of imidazole rings is 1. The van der Waals surface area contributed by atoms with Gasteiger partial charge in [0.15, 0.2) is 0 Å². The number of ether oxygens (including phenoxy) is 2. The SMILES string of the molecule is CN(C=N)C(=N)CC1(c2cccc(-n3cc4c(C(C)(F)F)cc(CN5CCC(OCCN6CCC(CN7CCN(c8ccc(C=O)c(CN(C)C9CCC(=O)NC9=O)c8)CC7)CC6)CC5)cn4c3=O)c2)COC1. The summed E-state index contributed by atoms with van der Waals surface area (Å²) in [5, 5.41) is 18.5. The van der Waals surface area contributed by atoms with Crippen molar-refractivity contribution in [2.75, 3.05) is 104 Å². The Hall–Kier alpha value is -5.70. The number of carbonyl (C=O) groups is 3. The Kier molecular flexibility index (Phi) is 16.0. The van der Waals surface area contributed by atoms with Gasteiger partial charge in [-0.3, -0.25) is 54.2 Å². The van der Waals surface area contributed by atoms with Crippen LogP contribution in [0.3, 0.4) is 0 Å². The van der Waals surface area contributed by atoms with E-state index in [4.69, 9.17) is 20.3 Å². The van der Waals surface area contributed by atoms with E-state index < -0.39 is 23.1 Å². The molecule has 0 saturated carbocycles. The van der Waals surface area contributed by atoms with Gasteiger partial charge in [0.2, 0.25) is 11.8 Å². The number of amides is 2. The van der Waals surface area contributed by atoms with Crippen LogP contribution in [0, 0.1) is 16.7 Å². The van der Waals surface area contributed by atoms with Crippen LogP contribution in [0.5, 0.6) is 0 Å². The van der Waals surface area contributed by atoms with Crippen molar-refractivity contribution < 1.29 is 32.6 Å². The first-order chi connectivity index (χ1) is 35.1. The predicted octanol–water partition coefficient (Wildman–Crippen LogP) is 4.94. The number of amidine groups is 1. The fourth-order valence-corrected chi connectivity index (χ4v) is 11.4. The first kappa shape index (κ1) is 52.2. The van der Waals surface area contributed by atoms with Crippen molar-refractivity contribution in [3.63, 3.8) is 0 Å². The summed E-state index contributed by atoms with van der Waals surface area (Å²) in [5.74, 6) is -2.79. The highest BCUT2D eigenvalue weighted by atomic mass is 19.3. The van der Waals surface area contributed by atoms with Gasteiger partial charge in [-0.15, -0.1) is 0 Å². The molecule has 2 amide bonds. The molecule has 2 aromatic heterocycles. The summed E-state index contributed by atoms with van der Waals surface area (Å²) in [6.07, 6.45) is 10.4. The molecule has 17 nitrogen and oxygen atoms in total. The van der Waals surface area contributed by atoms with Crippen LogP contribution >= 0.6 is 0 Å². The third-order valence-electron chi connectivity index (χ3n) is 16.0. The summed E-state index contributed by atoms with van der Waals surface area (Å²) in [7, 11) is 3.52. The molecule has 5 fully saturated rings. The minimum absolute atomic E-state index is 0.139. The van der Waals surface area contributed by atoms with E-state index in [1.165, 1.54) is 26.1 Å². The van der Waals surface area contributed by atoms with Crippen LogP contribution in [0.2, 0.25) is 0 Å². The summed E-state index contributed by atoms with van der Waals surface area (Å²) >= 11 is 0. The lowest BCUT2D eigenvalue weighted by atomic mass is 9.75. The van der Waals surface area contributed by atoms with Gasteiger partial charge in [-0.2, -0.15) is 0 Å². The first-order valence-electron chi connectivity index (χ1n) is 25.9. The summed E-state index contributed by atoms with van der Waals surface area (Å²) in [5.41, 5.74) is 3.66. The van der Waals surface area contributed by atoms with Gasteiger partial charge >= 0.3 is 5.69 Å². The van der Waals surface area contributed by atoms with Crippen molar-refractivity contribution >= 4 is 41.5 Å². The number of aldehydes is 1. The van der Waals surface area contributed by atoms with Crippen LogP contribution in [-0.4, -0.2) is 175 Å². The number of imide groups is 1. The van der Waals surface area contributed by atoms with Crippen molar-refractivity contribution in [2.24, 2.45) is 5.92 Å². The number of pyridine rings is 1. The molecule has 2 aromatic carbocycles. The zero-order valence-corrected chi connectivity index (χ0v) is 42.5. The van der Waals surface area contributed by atoms with Crippen LogP contribution in [0.4, 0.5) is 14.5 Å². The smallest absolute Gasteiger partial charge is 0.337 e. The highest BCUT2D eigenvalue weighted by molar-refractivity contribution is 6.00. The number of alkyl halides is 2. The number of halogens is 2. The Morgan fingerprint density at radius 3 is 2.32 bits per heavy atom. The van der Waals surface area contributed by atoms with Crippen molar-refractivity contribution in [3.05, 3.63) is 99.2 Å². The molecule has 0 bridgehead atoms. The molecule has 5 aliphatic rings. The minimum Gasteiger partial charge on any atom is -0.379 e. The fourth-order valence-electron chi connectivity index (χ4n) is 11.4. The van der Waals surface area contributed by atoms with Crippen molar-refractivity contribution in [2.45, 2.75) is 88.4 Å².